The van der Waals surface area contributed by atoms with Crippen molar-refractivity contribution >= 4 is 11.9 Å². The number of methoxy groups -OCH3 is 2. The summed E-state index contributed by atoms with van der Waals surface area (Å²) in [5.74, 6) is 0.724. The molecule has 6 heteroatoms. The first-order chi connectivity index (χ1) is 13.1. The Bertz CT molecular complexity index is 692. The quantitative estimate of drug-likeness (QED) is 0.593. The molecule has 0 bridgehead atoms. The third-order valence-corrected chi connectivity index (χ3v) is 3.83. The van der Waals surface area contributed by atoms with E-state index < -0.39 is 0 Å². The van der Waals surface area contributed by atoms with Gasteiger partial charge < -0.3 is 18.9 Å². The van der Waals surface area contributed by atoms with Crippen LogP contribution in [0.4, 0.5) is 0 Å². The van der Waals surface area contributed by atoms with Gasteiger partial charge in [0.1, 0.15) is 24.7 Å². The summed E-state index contributed by atoms with van der Waals surface area (Å²) >= 11 is 0. The summed E-state index contributed by atoms with van der Waals surface area (Å²) in [5.41, 5.74) is 1.70. The minimum Gasteiger partial charge on any atom is -0.497 e. The summed E-state index contributed by atoms with van der Waals surface area (Å²) in [6.45, 7) is 0.354. The maximum Gasteiger partial charge on any atom is 0.306 e. The molecule has 0 aliphatic rings. The summed E-state index contributed by atoms with van der Waals surface area (Å²) in [5, 5.41) is 0. The second kappa shape index (κ2) is 10.9. The van der Waals surface area contributed by atoms with Crippen molar-refractivity contribution in [2.24, 2.45) is 0 Å². The highest BCUT2D eigenvalue weighted by molar-refractivity contribution is 5.72. The van der Waals surface area contributed by atoms with Crippen LogP contribution in [0.25, 0.3) is 0 Å². The lowest BCUT2D eigenvalue weighted by Crippen LogP contribution is -2.08. The zero-order valence-corrected chi connectivity index (χ0v) is 15.6. The number of hydrogen-bond acceptors (Lipinski definition) is 6. The summed E-state index contributed by atoms with van der Waals surface area (Å²) in [6, 6.07) is 14.6. The molecule has 0 aliphatic carbocycles. The first-order valence-electron chi connectivity index (χ1n) is 8.68. The van der Waals surface area contributed by atoms with Crippen molar-refractivity contribution in [1.82, 2.24) is 0 Å². The van der Waals surface area contributed by atoms with Crippen LogP contribution in [0.3, 0.4) is 0 Å². The number of carbonyl (C=O) groups excluding carboxylic acids is 2. The zero-order chi connectivity index (χ0) is 19.5. The van der Waals surface area contributed by atoms with E-state index in [9.17, 15) is 9.59 Å². The predicted octanol–water partition coefficient (Wildman–Crippen LogP) is 3.66. The van der Waals surface area contributed by atoms with Gasteiger partial charge in [0.05, 0.1) is 14.2 Å². The van der Waals surface area contributed by atoms with Crippen molar-refractivity contribution in [3.05, 3.63) is 59.7 Å². The molecule has 0 amide bonds. The van der Waals surface area contributed by atoms with E-state index >= 15 is 0 Å². The summed E-state index contributed by atoms with van der Waals surface area (Å²) in [4.78, 5) is 23.6. The van der Waals surface area contributed by atoms with Crippen LogP contribution in [0, 0.1) is 0 Å². The Labute approximate surface area is 159 Å². The number of rotatable bonds is 10. The lowest BCUT2D eigenvalue weighted by Gasteiger charge is -2.07. The second-order valence-electron chi connectivity index (χ2n) is 5.88. The summed E-state index contributed by atoms with van der Waals surface area (Å²) in [6.07, 6.45) is 0.713. The van der Waals surface area contributed by atoms with Crippen LogP contribution >= 0.6 is 0 Å². The van der Waals surface area contributed by atoms with Crippen molar-refractivity contribution in [3.8, 4) is 11.5 Å². The van der Waals surface area contributed by atoms with Crippen LogP contribution in [-0.4, -0.2) is 26.2 Å². The Hall–Kier alpha value is -3.02. The minimum absolute atomic E-state index is 0.165. The lowest BCUT2D eigenvalue weighted by atomic mass is 10.2. The van der Waals surface area contributed by atoms with E-state index in [-0.39, 0.29) is 38.0 Å². The third-order valence-electron chi connectivity index (χ3n) is 3.83. The molecule has 0 fully saturated rings. The maximum absolute atomic E-state index is 11.8. The molecule has 2 aromatic carbocycles. The normalized spacial score (nSPS) is 10.1. The number of benzene rings is 2. The van der Waals surface area contributed by atoms with E-state index in [0.29, 0.717) is 17.9 Å². The van der Waals surface area contributed by atoms with E-state index in [2.05, 4.69) is 0 Å². The number of carbonyl (C=O) groups is 2. The SMILES string of the molecule is COc1cccc(COC(=O)CCCC(=O)OCc2cccc(OC)c2)c1. The van der Waals surface area contributed by atoms with Crippen LogP contribution in [0.5, 0.6) is 11.5 Å². The Morgan fingerprint density at radius 2 is 1.19 bits per heavy atom. The highest BCUT2D eigenvalue weighted by atomic mass is 16.5. The van der Waals surface area contributed by atoms with Gasteiger partial charge in [-0.25, -0.2) is 0 Å². The maximum atomic E-state index is 11.8. The standard InChI is InChI=1S/C21H24O6/c1-24-18-8-3-6-16(12-18)14-26-20(22)10-5-11-21(23)27-15-17-7-4-9-19(13-17)25-2/h3-4,6-9,12-13H,5,10-11,14-15H2,1-2H3. The van der Waals surface area contributed by atoms with E-state index in [1.807, 2.05) is 48.5 Å². The van der Waals surface area contributed by atoms with E-state index in [4.69, 9.17) is 18.9 Å². The molecule has 27 heavy (non-hydrogen) atoms. The van der Waals surface area contributed by atoms with Crippen molar-refractivity contribution in [3.63, 3.8) is 0 Å². The highest BCUT2D eigenvalue weighted by Crippen LogP contribution is 2.15. The first-order valence-corrected chi connectivity index (χ1v) is 8.68. The van der Waals surface area contributed by atoms with Crippen molar-refractivity contribution in [2.45, 2.75) is 32.5 Å². The molecule has 2 aromatic rings. The molecular formula is C21H24O6. The van der Waals surface area contributed by atoms with Gasteiger partial charge in [-0.05, 0) is 41.8 Å². The van der Waals surface area contributed by atoms with E-state index in [1.165, 1.54) is 0 Å². The predicted molar refractivity (Wildman–Crippen MR) is 99.4 cm³/mol. The fourth-order valence-corrected chi connectivity index (χ4v) is 2.37. The molecule has 144 valence electrons. The van der Waals surface area contributed by atoms with Gasteiger partial charge in [-0.15, -0.1) is 0 Å². The summed E-state index contributed by atoms with van der Waals surface area (Å²) in [7, 11) is 3.16. The molecule has 0 aromatic heterocycles. The fourth-order valence-electron chi connectivity index (χ4n) is 2.37. The fraction of sp³-hybridized carbons (Fsp3) is 0.333. The Morgan fingerprint density at radius 3 is 1.59 bits per heavy atom. The van der Waals surface area contributed by atoms with Crippen LogP contribution in [-0.2, 0) is 32.3 Å². The molecule has 0 spiro atoms. The molecule has 0 atom stereocenters. The van der Waals surface area contributed by atoms with E-state index in [1.54, 1.807) is 14.2 Å². The first kappa shape index (κ1) is 20.3. The molecular weight excluding hydrogens is 348 g/mol. The molecule has 2 rings (SSSR count). The smallest absolute Gasteiger partial charge is 0.306 e. The monoisotopic (exact) mass is 372 g/mol. The van der Waals surface area contributed by atoms with Gasteiger partial charge in [0.15, 0.2) is 0 Å². The Morgan fingerprint density at radius 1 is 0.741 bits per heavy atom. The second-order valence-corrected chi connectivity index (χ2v) is 5.88. The van der Waals surface area contributed by atoms with Crippen LogP contribution in [0.1, 0.15) is 30.4 Å². The van der Waals surface area contributed by atoms with Gasteiger partial charge in [0.25, 0.3) is 0 Å². The van der Waals surface area contributed by atoms with Crippen LogP contribution in [0.2, 0.25) is 0 Å². The van der Waals surface area contributed by atoms with Gasteiger partial charge in [0.2, 0.25) is 0 Å². The highest BCUT2D eigenvalue weighted by Gasteiger charge is 2.08. The Balaban J connectivity index is 1.63. The minimum atomic E-state index is -0.349. The van der Waals surface area contributed by atoms with Crippen LogP contribution in [0.15, 0.2) is 48.5 Å². The van der Waals surface area contributed by atoms with Gasteiger partial charge in [0, 0.05) is 12.8 Å². The van der Waals surface area contributed by atoms with Gasteiger partial charge in [-0.2, -0.15) is 0 Å². The largest absolute Gasteiger partial charge is 0.497 e. The van der Waals surface area contributed by atoms with Crippen molar-refractivity contribution in [1.29, 1.82) is 0 Å². The molecule has 0 saturated heterocycles. The van der Waals surface area contributed by atoms with Gasteiger partial charge >= 0.3 is 11.9 Å². The molecule has 0 heterocycles. The Kier molecular flexibility index (Phi) is 8.16. The number of hydrogen-bond donors (Lipinski definition) is 0. The average Bonchev–Trinajstić information content (AvgIpc) is 2.71. The molecule has 0 saturated carbocycles. The van der Waals surface area contributed by atoms with E-state index in [0.717, 1.165) is 11.1 Å². The third kappa shape index (κ3) is 7.40. The number of esters is 2. The van der Waals surface area contributed by atoms with Crippen LogP contribution < -0.4 is 9.47 Å². The molecule has 0 unspecified atom stereocenters. The van der Waals surface area contributed by atoms with Gasteiger partial charge in [-0.1, -0.05) is 24.3 Å². The molecule has 6 nitrogen and oxygen atoms in total. The number of ether oxygens (including phenoxy) is 4. The molecule has 0 N–H and O–H groups in total. The molecule has 0 aliphatic heterocycles. The lowest BCUT2D eigenvalue weighted by molar-refractivity contribution is -0.146. The topological polar surface area (TPSA) is 71.1 Å². The van der Waals surface area contributed by atoms with Gasteiger partial charge in [-0.3, -0.25) is 9.59 Å². The van der Waals surface area contributed by atoms with Crippen molar-refractivity contribution in [2.75, 3.05) is 14.2 Å². The average molecular weight is 372 g/mol. The molecule has 0 radical (unpaired) electrons. The van der Waals surface area contributed by atoms with Crippen molar-refractivity contribution < 1.29 is 28.5 Å². The summed E-state index contributed by atoms with van der Waals surface area (Å²) < 4.78 is 20.7. The zero-order valence-electron chi connectivity index (χ0n) is 15.6.